The summed E-state index contributed by atoms with van der Waals surface area (Å²) >= 11 is 0. The molecule has 0 aliphatic carbocycles. The minimum Gasteiger partial charge on any atom is -0.468 e. The molecule has 6 heteroatoms. The normalized spacial score (nSPS) is 21.2. The molecule has 4 rings (SSSR count). The summed E-state index contributed by atoms with van der Waals surface area (Å²) in [4.78, 5) is 21.9. The maximum Gasteiger partial charge on any atom is 0.317 e. The highest BCUT2D eigenvalue weighted by atomic mass is 16.3. The Kier molecular flexibility index (Phi) is 6.83. The summed E-state index contributed by atoms with van der Waals surface area (Å²) in [6.07, 6.45) is 10.9. The average molecular weight is 397 g/mol. The fourth-order valence-corrected chi connectivity index (χ4v) is 4.54. The van der Waals surface area contributed by atoms with Gasteiger partial charge >= 0.3 is 6.03 Å². The zero-order valence-electron chi connectivity index (χ0n) is 17.1. The number of carbonyl (C=O) groups is 1. The Labute approximate surface area is 173 Å². The molecule has 2 saturated heterocycles. The lowest BCUT2D eigenvalue weighted by molar-refractivity contribution is 0.133. The first-order valence-corrected chi connectivity index (χ1v) is 11.0. The van der Waals surface area contributed by atoms with E-state index in [0.717, 1.165) is 76.2 Å². The SMILES string of the molecule is O=C(NC1CCN(Cc2ccco2)CC1)N1CCCC[C@H]1CCc1ccccn1. The number of urea groups is 1. The molecule has 1 N–H and O–H groups in total. The summed E-state index contributed by atoms with van der Waals surface area (Å²) in [6, 6.07) is 10.7. The molecule has 0 spiro atoms. The Bertz CT molecular complexity index is 742. The van der Waals surface area contributed by atoms with E-state index in [-0.39, 0.29) is 12.1 Å². The van der Waals surface area contributed by atoms with Gasteiger partial charge in [0.2, 0.25) is 0 Å². The van der Waals surface area contributed by atoms with Gasteiger partial charge in [-0.05, 0) is 69.2 Å². The van der Waals surface area contributed by atoms with Gasteiger partial charge in [0.25, 0.3) is 0 Å². The molecule has 29 heavy (non-hydrogen) atoms. The van der Waals surface area contributed by atoms with Crippen molar-refractivity contribution in [2.75, 3.05) is 19.6 Å². The van der Waals surface area contributed by atoms with Gasteiger partial charge in [-0.15, -0.1) is 0 Å². The lowest BCUT2D eigenvalue weighted by atomic mass is 9.97. The summed E-state index contributed by atoms with van der Waals surface area (Å²) in [5.41, 5.74) is 1.11. The van der Waals surface area contributed by atoms with Gasteiger partial charge < -0.3 is 14.6 Å². The molecule has 2 aromatic heterocycles. The van der Waals surface area contributed by atoms with Gasteiger partial charge in [-0.3, -0.25) is 9.88 Å². The third-order valence-electron chi connectivity index (χ3n) is 6.22. The summed E-state index contributed by atoms with van der Waals surface area (Å²) in [5, 5.41) is 3.32. The van der Waals surface area contributed by atoms with Crippen LogP contribution in [0.2, 0.25) is 0 Å². The summed E-state index contributed by atoms with van der Waals surface area (Å²) in [5.74, 6) is 1.01. The number of pyridine rings is 1. The Hall–Kier alpha value is -2.34. The monoisotopic (exact) mass is 396 g/mol. The molecule has 6 nitrogen and oxygen atoms in total. The molecule has 0 saturated carbocycles. The number of nitrogens with zero attached hydrogens (tertiary/aromatic N) is 3. The minimum absolute atomic E-state index is 0.125. The summed E-state index contributed by atoms with van der Waals surface area (Å²) in [6.45, 7) is 3.72. The molecule has 0 unspecified atom stereocenters. The zero-order valence-corrected chi connectivity index (χ0v) is 17.1. The third kappa shape index (κ3) is 5.60. The van der Waals surface area contributed by atoms with Crippen molar-refractivity contribution in [1.82, 2.24) is 20.1 Å². The van der Waals surface area contributed by atoms with Crippen LogP contribution in [0.5, 0.6) is 0 Å². The van der Waals surface area contributed by atoms with Gasteiger partial charge in [0.05, 0.1) is 12.8 Å². The van der Waals surface area contributed by atoms with Crippen LogP contribution in [0.25, 0.3) is 0 Å². The lowest BCUT2D eigenvalue weighted by Gasteiger charge is -2.38. The maximum absolute atomic E-state index is 13.0. The Balaban J connectivity index is 1.24. The molecular formula is C23H32N4O2. The fraction of sp³-hybridized carbons (Fsp3) is 0.565. The van der Waals surface area contributed by atoms with Gasteiger partial charge in [-0.25, -0.2) is 4.79 Å². The number of aryl methyl sites for hydroxylation is 1. The van der Waals surface area contributed by atoms with E-state index in [1.165, 1.54) is 6.42 Å². The number of hydrogen-bond acceptors (Lipinski definition) is 4. The predicted molar refractivity (Wildman–Crippen MR) is 112 cm³/mol. The van der Waals surface area contributed by atoms with E-state index in [4.69, 9.17) is 4.42 Å². The van der Waals surface area contributed by atoms with E-state index in [1.54, 1.807) is 6.26 Å². The van der Waals surface area contributed by atoms with Gasteiger partial charge in [-0.2, -0.15) is 0 Å². The van der Waals surface area contributed by atoms with Crippen LogP contribution in [0.3, 0.4) is 0 Å². The predicted octanol–water partition coefficient (Wildman–Crippen LogP) is 3.84. The highest BCUT2D eigenvalue weighted by Crippen LogP contribution is 2.22. The van der Waals surface area contributed by atoms with E-state index in [1.807, 2.05) is 30.5 Å². The molecular weight excluding hydrogens is 364 g/mol. The zero-order chi connectivity index (χ0) is 19.9. The first-order valence-electron chi connectivity index (χ1n) is 11.0. The van der Waals surface area contributed by atoms with Crippen LogP contribution in [-0.2, 0) is 13.0 Å². The van der Waals surface area contributed by atoms with E-state index in [2.05, 4.69) is 26.2 Å². The minimum atomic E-state index is 0.125. The second-order valence-electron chi connectivity index (χ2n) is 8.28. The van der Waals surface area contributed by atoms with Crippen LogP contribution in [0.1, 0.15) is 50.0 Å². The highest BCUT2D eigenvalue weighted by Gasteiger charge is 2.29. The number of aromatic nitrogens is 1. The molecule has 2 aliphatic heterocycles. The van der Waals surface area contributed by atoms with Gasteiger partial charge in [0.15, 0.2) is 0 Å². The van der Waals surface area contributed by atoms with Crippen molar-refractivity contribution in [3.63, 3.8) is 0 Å². The number of amides is 2. The van der Waals surface area contributed by atoms with E-state index in [0.29, 0.717) is 6.04 Å². The van der Waals surface area contributed by atoms with Crippen LogP contribution in [-0.4, -0.2) is 52.5 Å². The van der Waals surface area contributed by atoms with Gasteiger partial charge in [0.1, 0.15) is 5.76 Å². The Morgan fingerprint density at radius 2 is 2.00 bits per heavy atom. The van der Waals surface area contributed by atoms with Gasteiger partial charge in [-0.1, -0.05) is 6.07 Å². The molecule has 2 aliphatic rings. The smallest absolute Gasteiger partial charge is 0.317 e. The Morgan fingerprint density at radius 3 is 2.76 bits per heavy atom. The number of furan rings is 1. The quantitative estimate of drug-likeness (QED) is 0.806. The summed E-state index contributed by atoms with van der Waals surface area (Å²) in [7, 11) is 0. The van der Waals surface area contributed by atoms with Crippen LogP contribution < -0.4 is 5.32 Å². The molecule has 0 bridgehead atoms. The molecule has 156 valence electrons. The van der Waals surface area contributed by atoms with Crippen LogP contribution in [0, 0.1) is 0 Å². The molecule has 0 radical (unpaired) electrons. The topological polar surface area (TPSA) is 61.6 Å². The van der Waals surface area contributed by atoms with Crippen LogP contribution in [0.15, 0.2) is 47.2 Å². The van der Waals surface area contributed by atoms with Crippen molar-refractivity contribution < 1.29 is 9.21 Å². The third-order valence-corrected chi connectivity index (χ3v) is 6.22. The maximum atomic E-state index is 13.0. The molecule has 2 fully saturated rings. The number of piperidine rings is 2. The average Bonchev–Trinajstić information content (AvgIpc) is 3.28. The van der Waals surface area contributed by atoms with Crippen LogP contribution in [0.4, 0.5) is 4.79 Å². The van der Waals surface area contributed by atoms with Crippen molar-refractivity contribution in [2.45, 2.75) is 63.6 Å². The largest absolute Gasteiger partial charge is 0.468 e. The molecule has 4 heterocycles. The van der Waals surface area contributed by atoms with E-state index in [9.17, 15) is 4.79 Å². The van der Waals surface area contributed by atoms with E-state index >= 15 is 0 Å². The fourth-order valence-electron chi connectivity index (χ4n) is 4.54. The highest BCUT2D eigenvalue weighted by molar-refractivity contribution is 5.75. The molecule has 2 amide bonds. The second-order valence-corrected chi connectivity index (χ2v) is 8.28. The standard InChI is InChI=1S/C23H32N4O2/c28-23(25-20-11-15-26(16-12-20)18-22-8-5-17-29-22)27-14-4-2-7-21(27)10-9-19-6-1-3-13-24-19/h1,3,5-6,8,13,17,20-21H,2,4,7,9-12,14-16,18H2,(H,25,28)/t21-/m0/s1. The van der Waals surface area contributed by atoms with E-state index < -0.39 is 0 Å². The number of rotatable bonds is 6. The van der Waals surface area contributed by atoms with Gasteiger partial charge in [0, 0.05) is 43.6 Å². The number of likely N-dealkylation sites (tertiary alicyclic amines) is 2. The Morgan fingerprint density at radius 1 is 1.10 bits per heavy atom. The lowest BCUT2D eigenvalue weighted by Crippen LogP contribution is -2.53. The summed E-state index contributed by atoms with van der Waals surface area (Å²) < 4.78 is 5.45. The molecule has 2 aromatic rings. The van der Waals surface area contributed by atoms with Crippen LogP contribution >= 0.6 is 0 Å². The first-order chi connectivity index (χ1) is 14.3. The van der Waals surface area contributed by atoms with Crippen molar-refractivity contribution in [3.05, 3.63) is 54.2 Å². The second kappa shape index (κ2) is 9.92. The molecule has 0 aromatic carbocycles. The van der Waals surface area contributed by atoms with Crippen molar-refractivity contribution >= 4 is 6.03 Å². The number of nitrogens with one attached hydrogen (secondary N) is 1. The number of hydrogen-bond donors (Lipinski definition) is 1. The molecule has 1 atom stereocenters. The van der Waals surface area contributed by atoms with Crippen molar-refractivity contribution in [3.8, 4) is 0 Å². The number of carbonyl (C=O) groups excluding carboxylic acids is 1. The van der Waals surface area contributed by atoms with Crippen molar-refractivity contribution in [1.29, 1.82) is 0 Å². The van der Waals surface area contributed by atoms with Crippen molar-refractivity contribution in [2.24, 2.45) is 0 Å². The first kappa shape index (κ1) is 20.0.